The van der Waals surface area contributed by atoms with Gasteiger partial charge in [-0.3, -0.25) is 14.4 Å². The monoisotopic (exact) mass is 555 g/mol. The zero-order valence-electron chi connectivity index (χ0n) is 21.2. The van der Waals surface area contributed by atoms with Crippen molar-refractivity contribution in [1.29, 1.82) is 0 Å². The molecular weight excluding hydrogens is 526 g/mol. The number of rotatable bonds is 14. The van der Waals surface area contributed by atoms with Gasteiger partial charge >= 0.3 is 17.9 Å². The summed E-state index contributed by atoms with van der Waals surface area (Å²) in [4.78, 5) is 65.0. The van der Waals surface area contributed by atoms with E-state index >= 15 is 0 Å². The summed E-state index contributed by atoms with van der Waals surface area (Å²) in [6, 6.07) is 7.30. The predicted octanol–water partition coefficient (Wildman–Crippen LogP) is 0.985. The fourth-order valence-electron chi connectivity index (χ4n) is 4.10. The quantitative estimate of drug-likeness (QED) is 0.139. The Morgan fingerprint density at radius 2 is 1.48 bits per heavy atom. The first kappa shape index (κ1) is 29.4. The molecule has 0 radical (unpaired) electrons. The number of hydrogen-bond acceptors (Lipinski definition) is 8. The maximum Gasteiger partial charge on any atom is 0.326 e. The topological polar surface area (TPSA) is 245 Å². The van der Waals surface area contributed by atoms with E-state index < -0.39 is 54.6 Å². The number of carboxylic acid groups (broad SMARTS) is 3. The van der Waals surface area contributed by atoms with E-state index in [1.807, 2.05) is 6.07 Å². The van der Waals surface area contributed by atoms with E-state index in [9.17, 15) is 34.2 Å². The largest absolute Gasteiger partial charge is 0.493 e. The molecule has 0 aromatic heterocycles. The number of nitrogen functional groups attached to an aromatic ring is 1. The van der Waals surface area contributed by atoms with E-state index in [4.69, 9.17) is 15.9 Å². The predicted molar refractivity (Wildman–Crippen MR) is 140 cm³/mol. The summed E-state index contributed by atoms with van der Waals surface area (Å²) in [6.07, 6.45) is -0.356. The number of H-pyrrole nitrogens is 1. The summed E-state index contributed by atoms with van der Waals surface area (Å²) in [5, 5.41) is 42.0. The lowest BCUT2D eigenvalue weighted by atomic mass is 10.0. The molecule has 0 unspecified atom stereocenters. The fraction of sp³-hybridized carbons (Fsp3) is 0.308. The van der Waals surface area contributed by atoms with Crippen molar-refractivity contribution in [3.8, 4) is 17.1 Å². The lowest BCUT2D eigenvalue weighted by molar-refractivity contribution is -0.143. The SMILES string of the molecule is Nc1nc(O)c2c(CCc3ccc(C(=O)N[C@@H](CCC(=O)N[C@@H](CCC(=O)O)C(=O)O)C(=O)O)cc3)ccc-2[nH]1. The van der Waals surface area contributed by atoms with E-state index in [0.29, 0.717) is 24.1 Å². The molecule has 1 aliphatic carbocycles. The van der Waals surface area contributed by atoms with Crippen molar-refractivity contribution in [2.24, 2.45) is 0 Å². The number of anilines is 1. The van der Waals surface area contributed by atoms with Crippen LogP contribution in [0.5, 0.6) is 5.88 Å². The fourth-order valence-corrected chi connectivity index (χ4v) is 4.10. The van der Waals surface area contributed by atoms with Crippen molar-refractivity contribution in [3.63, 3.8) is 0 Å². The second-order valence-electron chi connectivity index (χ2n) is 9.08. The highest BCUT2D eigenvalue weighted by molar-refractivity contribution is 5.96. The Bertz CT molecular complexity index is 1370. The van der Waals surface area contributed by atoms with Gasteiger partial charge in [0.2, 0.25) is 17.7 Å². The first-order valence-electron chi connectivity index (χ1n) is 12.3. The molecule has 40 heavy (non-hydrogen) atoms. The Morgan fingerprint density at radius 1 is 0.850 bits per heavy atom. The molecule has 14 heteroatoms. The van der Waals surface area contributed by atoms with Crippen LogP contribution in [-0.4, -0.2) is 72.2 Å². The third-order valence-electron chi connectivity index (χ3n) is 6.20. The van der Waals surface area contributed by atoms with Crippen molar-refractivity contribution in [2.75, 3.05) is 5.73 Å². The first-order valence-corrected chi connectivity index (χ1v) is 12.3. The number of fused-ring (bicyclic) bond motifs is 1. The minimum absolute atomic E-state index is 0.101. The zero-order valence-corrected chi connectivity index (χ0v) is 21.2. The molecule has 0 bridgehead atoms. The number of aromatic nitrogens is 2. The lowest BCUT2D eigenvalue weighted by Crippen LogP contribution is -2.44. The van der Waals surface area contributed by atoms with Gasteiger partial charge in [0.05, 0.1) is 11.3 Å². The van der Waals surface area contributed by atoms with E-state index in [2.05, 4.69) is 20.6 Å². The smallest absolute Gasteiger partial charge is 0.326 e. The number of benzene rings is 1. The van der Waals surface area contributed by atoms with Gasteiger partial charge in [0.15, 0.2) is 0 Å². The number of carbonyl (C=O) groups is 5. The van der Waals surface area contributed by atoms with E-state index in [0.717, 1.165) is 11.1 Å². The Morgan fingerprint density at radius 3 is 2.10 bits per heavy atom. The molecule has 1 aromatic rings. The maximum atomic E-state index is 12.6. The molecule has 1 heterocycles. The highest BCUT2D eigenvalue weighted by atomic mass is 16.4. The summed E-state index contributed by atoms with van der Waals surface area (Å²) in [5.41, 5.74) is 8.81. The molecule has 0 saturated carbocycles. The van der Waals surface area contributed by atoms with Crippen LogP contribution in [0.15, 0.2) is 36.4 Å². The number of hydrogen-bond donors (Lipinski definition) is 8. The molecule has 0 spiro atoms. The van der Waals surface area contributed by atoms with Crippen LogP contribution in [0.3, 0.4) is 0 Å². The van der Waals surface area contributed by atoms with Crippen LogP contribution in [0.1, 0.15) is 47.2 Å². The number of aryl methyl sites for hydroxylation is 2. The molecule has 14 nitrogen and oxygen atoms in total. The van der Waals surface area contributed by atoms with Gasteiger partial charge in [-0.25, -0.2) is 9.59 Å². The number of nitrogens with zero attached hydrogens (tertiary/aromatic N) is 1. The molecule has 2 amide bonds. The van der Waals surface area contributed by atoms with Crippen LogP contribution in [0.25, 0.3) is 11.3 Å². The van der Waals surface area contributed by atoms with Crippen LogP contribution >= 0.6 is 0 Å². The molecule has 9 N–H and O–H groups in total. The van der Waals surface area contributed by atoms with Gasteiger partial charge in [-0.1, -0.05) is 18.2 Å². The van der Waals surface area contributed by atoms with Gasteiger partial charge in [0.1, 0.15) is 12.1 Å². The van der Waals surface area contributed by atoms with Crippen LogP contribution < -0.4 is 16.4 Å². The van der Waals surface area contributed by atoms with Crippen molar-refractivity contribution < 1.29 is 44.4 Å². The summed E-state index contributed by atoms with van der Waals surface area (Å²) in [7, 11) is 0. The van der Waals surface area contributed by atoms with Crippen LogP contribution in [0.4, 0.5) is 5.95 Å². The second kappa shape index (κ2) is 13.1. The Balaban J connectivity index is 1.53. The first-order chi connectivity index (χ1) is 18.9. The average molecular weight is 556 g/mol. The number of aromatic amines is 1. The van der Waals surface area contributed by atoms with Gasteiger partial charge in [0.25, 0.3) is 5.91 Å². The lowest BCUT2D eigenvalue weighted by Gasteiger charge is -2.16. The molecule has 1 aromatic carbocycles. The Hall–Kier alpha value is -5.14. The summed E-state index contributed by atoms with van der Waals surface area (Å²) < 4.78 is 0. The second-order valence-corrected chi connectivity index (χ2v) is 9.08. The van der Waals surface area contributed by atoms with Gasteiger partial charge in [-0.15, -0.1) is 0 Å². The van der Waals surface area contributed by atoms with Gasteiger partial charge in [-0.2, -0.15) is 4.98 Å². The van der Waals surface area contributed by atoms with Crippen molar-refractivity contribution >= 4 is 35.7 Å². The Labute approximate surface area is 227 Å². The van der Waals surface area contributed by atoms with Crippen molar-refractivity contribution in [3.05, 3.63) is 53.1 Å². The standard InChI is InChI=1S/C26H29N5O9/c27-26-30-16-8-7-14(21(16)23(36)31-26)4-1-13-2-5-15(6-3-13)22(35)29-18(25(39)40)9-11-19(32)28-17(24(37)38)10-12-20(33)34/h2-3,5-8,17-18,36H,1,4,9-12H2,(H,28,32)(H,29,35)(H,33,34)(H,37,38)(H,39,40)(H3,27,30,31)/t17-,18-/m0/s1. The molecule has 3 rings (SSSR count). The molecule has 2 atom stereocenters. The van der Waals surface area contributed by atoms with Gasteiger partial charge in [0, 0.05) is 18.4 Å². The minimum atomic E-state index is -1.43. The molecule has 1 aliphatic heterocycles. The number of aromatic hydroxyl groups is 1. The van der Waals surface area contributed by atoms with Crippen molar-refractivity contribution in [2.45, 2.75) is 50.6 Å². The van der Waals surface area contributed by atoms with Crippen LogP contribution in [0.2, 0.25) is 0 Å². The third kappa shape index (κ3) is 7.93. The van der Waals surface area contributed by atoms with E-state index in [-0.39, 0.29) is 30.2 Å². The number of aliphatic carboxylic acids is 3. The molecule has 212 valence electrons. The molecule has 0 fully saturated rings. The average Bonchev–Trinajstić information content (AvgIpc) is 3.30. The number of amides is 2. The Kier molecular flexibility index (Phi) is 9.62. The normalized spacial score (nSPS) is 12.4. The molecule has 0 saturated heterocycles. The third-order valence-corrected chi connectivity index (χ3v) is 6.20. The summed E-state index contributed by atoms with van der Waals surface area (Å²) in [6.45, 7) is 0. The maximum absolute atomic E-state index is 12.6. The molecular formula is C26H29N5O9. The number of carbonyl (C=O) groups excluding carboxylic acids is 2. The number of nitrogens with one attached hydrogen (secondary N) is 3. The summed E-state index contributed by atoms with van der Waals surface area (Å²) >= 11 is 0. The minimum Gasteiger partial charge on any atom is -0.493 e. The van der Waals surface area contributed by atoms with E-state index in [1.165, 1.54) is 12.1 Å². The number of nitrogens with two attached hydrogens (primary N) is 1. The van der Waals surface area contributed by atoms with Gasteiger partial charge < -0.3 is 41.8 Å². The summed E-state index contributed by atoms with van der Waals surface area (Å²) in [5.74, 6) is -5.53. The number of carboxylic acids is 3. The van der Waals surface area contributed by atoms with Crippen molar-refractivity contribution in [1.82, 2.24) is 20.6 Å². The molecule has 2 aliphatic rings. The highest BCUT2D eigenvalue weighted by Gasteiger charge is 2.25. The van der Waals surface area contributed by atoms with Crippen LogP contribution in [0, 0.1) is 0 Å². The highest BCUT2D eigenvalue weighted by Crippen LogP contribution is 2.34. The van der Waals surface area contributed by atoms with E-state index in [1.54, 1.807) is 18.2 Å². The zero-order chi connectivity index (χ0) is 29.4. The van der Waals surface area contributed by atoms with Gasteiger partial charge in [-0.05, 0) is 55.0 Å². The van der Waals surface area contributed by atoms with Crippen LogP contribution in [-0.2, 0) is 32.0 Å².